The van der Waals surface area contributed by atoms with Crippen molar-refractivity contribution in [2.45, 2.75) is 24.7 Å². The first-order chi connectivity index (χ1) is 14.3. The van der Waals surface area contributed by atoms with Gasteiger partial charge >= 0.3 is 6.36 Å². The largest absolute Gasteiger partial charge is 0.573 e. The van der Waals surface area contributed by atoms with Crippen LogP contribution in [0.2, 0.25) is 0 Å². The summed E-state index contributed by atoms with van der Waals surface area (Å²) in [6, 6.07) is 9.12. The van der Waals surface area contributed by atoms with Gasteiger partial charge in [0.05, 0.1) is 5.54 Å². The first-order valence-corrected chi connectivity index (χ1v) is 9.70. The number of rotatable bonds is 3. The van der Waals surface area contributed by atoms with Gasteiger partial charge < -0.3 is 19.5 Å². The minimum atomic E-state index is -4.75. The fraction of sp³-hybridized carbons (Fsp3) is 0.333. The zero-order valence-corrected chi connectivity index (χ0v) is 15.9. The molecule has 3 aromatic rings. The summed E-state index contributed by atoms with van der Waals surface area (Å²) in [5.41, 5.74) is 2.05. The molecule has 0 unspecified atom stereocenters. The van der Waals surface area contributed by atoms with E-state index in [0.29, 0.717) is 18.7 Å². The molecule has 0 atom stereocenters. The highest BCUT2D eigenvalue weighted by atomic mass is 19.4. The molecule has 156 valence electrons. The number of aromatic amines is 1. The highest BCUT2D eigenvalue weighted by molar-refractivity contribution is 5.96. The predicted molar refractivity (Wildman–Crippen MR) is 104 cm³/mol. The van der Waals surface area contributed by atoms with Crippen LogP contribution in [0.5, 0.6) is 5.75 Å². The normalized spacial score (nSPS) is 18.1. The van der Waals surface area contributed by atoms with Crippen molar-refractivity contribution in [2.75, 3.05) is 24.5 Å². The molecule has 1 saturated heterocycles. The summed E-state index contributed by atoms with van der Waals surface area (Å²) < 4.78 is 40.9. The molecule has 1 aliphatic heterocycles. The van der Waals surface area contributed by atoms with Gasteiger partial charge in [-0.25, -0.2) is 4.98 Å². The van der Waals surface area contributed by atoms with Crippen molar-refractivity contribution in [1.82, 2.24) is 14.9 Å². The number of anilines is 1. The van der Waals surface area contributed by atoms with E-state index in [9.17, 15) is 18.0 Å². The van der Waals surface area contributed by atoms with E-state index in [-0.39, 0.29) is 17.2 Å². The van der Waals surface area contributed by atoms with Crippen LogP contribution < -0.4 is 9.64 Å². The van der Waals surface area contributed by atoms with Crippen LogP contribution in [-0.4, -0.2) is 52.3 Å². The lowest BCUT2D eigenvalue weighted by molar-refractivity contribution is -0.274. The van der Waals surface area contributed by atoms with Crippen molar-refractivity contribution in [2.24, 2.45) is 0 Å². The number of hydrogen-bond donors (Lipinski definition) is 1. The van der Waals surface area contributed by atoms with E-state index in [1.165, 1.54) is 24.3 Å². The Morgan fingerprint density at radius 3 is 2.57 bits per heavy atom. The summed E-state index contributed by atoms with van der Waals surface area (Å²) in [5, 5.41) is 1.05. The predicted octanol–water partition coefficient (Wildman–Crippen LogP) is 3.96. The Labute approximate surface area is 170 Å². The number of benzene rings is 1. The number of carbonyl (C=O) groups is 1. The number of halogens is 3. The fourth-order valence-electron chi connectivity index (χ4n) is 4.25. The molecule has 0 radical (unpaired) electrons. The standard InChI is InChI=1S/C21H19F3N4O2/c22-21(23,24)30-15-3-1-14(2-4-15)19(29)28-12-11-27(13-20(28)7-8-20)17-6-10-26-18-16(17)5-9-25-18/h1-6,9-10H,7-8,11-13H2,(H,25,26). The van der Waals surface area contributed by atoms with E-state index in [2.05, 4.69) is 19.6 Å². The molecular weight excluding hydrogens is 397 g/mol. The van der Waals surface area contributed by atoms with Crippen LogP contribution in [0.25, 0.3) is 11.0 Å². The first kappa shape index (κ1) is 18.8. The maximum atomic E-state index is 13.1. The van der Waals surface area contributed by atoms with Gasteiger partial charge in [-0.2, -0.15) is 0 Å². The summed E-state index contributed by atoms with van der Waals surface area (Å²) in [4.78, 5) is 24.7. The monoisotopic (exact) mass is 416 g/mol. The molecule has 2 fully saturated rings. The molecule has 6 nitrogen and oxygen atoms in total. The fourth-order valence-corrected chi connectivity index (χ4v) is 4.25. The number of carbonyl (C=O) groups excluding carboxylic acids is 1. The van der Waals surface area contributed by atoms with E-state index in [0.717, 1.165) is 36.1 Å². The molecule has 3 heterocycles. The number of alkyl halides is 3. The van der Waals surface area contributed by atoms with Crippen LogP contribution in [-0.2, 0) is 0 Å². The van der Waals surface area contributed by atoms with Crippen molar-refractivity contribution >= 4 is 22.6 Å². The topological polar surface area (TPSA) is 61.5 Å². The number of amides is 1. The summed E-state index contributed by atoms with van der Waals surface area (Å²) in [6.45, 7) is 1.94. The van der Waals surface area contributed by atoms with E-state index >= 15 is 0 Å². The number of piperazine rings is 1. The zero-order valence-electron chi connectivity index (χ0n) is 15.9. The van der Waals surface area contributed by atoms with Gasteiger partial charge in [-0.1, -0.05) is 0 Å². The molecule has 1 spiro atoms. The van der Waals surface area contributed by atoms with E-state index in [1.807, 2.05) is 23.2 Å². The molecule has 1 amide bonds. The Bertz CT molecular complexity index is 1090. The van der Waals surface area contributed by atoms with Gasteiger partial charge in [0.2, 0.25) is 0 Å². The van der Waals surface area contributed by atoms with Crippen molar-refractivity contribution < 1.29 is 22.7 Å². The third-order valence-electron chi connectivity index (χ3n) is 5.84. The van der Waals surface area contributed by atoms with Gasteiger partial charge in [-0.05, 0) is 49.2 Å². The molecule has 5 rings (SSSR count). The van der Waals surface area contributed by atoms with Gasteiger partial charge in [-0.3, -0.25) is 4.79 Å². The second kappa shape index (κ2) is 6.65. The third-order valence-corrected chi connectivity index (χ3v) is 5.84. The Morgan fingerprint density at radius 2 is 1.87 bits per heavy atom. The summed E-state index contributed by atoms with van der Waals surface area (Å²) in [5.74, 6) is -0.495. The van der Waals surface area contributed by atoms with Crippen LogP contribution in [0.1, 0.15) is 23.2 Å². The Balaban J connectivity index is 1.34. The Kier molecular flexibility index (Phi) is 4.16. The second-order valence-electron chi connectivity index (χ2n) is 7.74. The van der Waals surface area contributed by atoms with Crippen molar-refractivity contribution in [1.29, 1.82) is 0 Å². The minimum Gasteiger partial charge on any atom is -0.406 e. The second-order valence-corrected chi connectivity index (χ2v) is 7.74. The zero-order chi connectivity index (χ0) is 20.9. The maximum Gasteiger partial charge on any atom is 0.573 e. The third kappa shape index (κ3) is 3.34. The summed E-state index contributed by atoms with van der Waals surface area (Å²) in [6.07, 6.45) is 0.700. The number of H-pyrrole nitrogens is 1. The molecule has 1 aliphatic carbocycles. The number of aromatic nitrogens is 2. The first-order valence-electron chi connectivity index (χ1n) is 9.70. The van der Waals surface area contributed by atoms with Crippen molar-refractivity contribution in [3.63, 3.8) is 0 Å². The Morgan fingerprint density at radius 1 is 1.10 bits per heavy atom. The smallest absolute Gasteiger partial charge is 0.406 e. The molecule has 1 saturated carbocycles. The highest BCUT2D eigenvalue weighted by Gasteiger charge is 2.53. The number of nitrogens with one attached hydrogen (secondary N) is 1. The molecule has 1 aromatic carbocycles. The van der Waals surface area contributed by atoms with Gasteiger partial charge in [0.15, 0.2) is 0 Å². The van der Waals surface area contributed by atoms with Crippen LogP contribution in [0.15, 0.2) is 48.8 Å². The molecule has 2 aliphatic rings. The van der Waals surface area contributed by atoms with Crippen molar-refractivity contribution in [3.05, 3.63) is 54.4 Å². The molecular formula is C21H19F3N4O2. The lowest BCUT2D eigenvalue weighted by Crippen LogP contribution is -2.57. The molecule has 30 heavy (non-hydrogen) atoms. The Hall–Kier alpha value is -3.23. The van der Waals surface area contributed by atoms with E-state index in [4.69, 9.17) is 0 Å². The lowest BCUT2D eigenvalue weighted by Gasteiger charge is -2.43. The number of hydrogen-bond acceptors (Lipinski definition) is 4. The molecule has 0 bridgehead atoms. The lowest BCUT2D eigenvalue weighted by atomic mass is 10.1. The quantitative estimate of drug-likeness (QED) is 0.702. The number of fused-ring (bicyclic) bond motifs is 1. The average molecular weight is 416 g/mol. The number of nitrogens with zero attached hydrogens (tertiary/aromatic N) is 3. The number of ether oxygens (including phenoxy) is 1. The molecule has 2 aromatic heterocycles. The minimum absolute atomic E-state index is 0.160. The molecule has 9 heteroatoms. The van der Waals surface area contributed by atoms with E-state index in [1.54, 1.807) is 6.20 Å². The van der Waals surface area contributed by atoms with Gasteiger partial charge in [0.25, 0.3) is 5.91 Å². The average Bonchev–Trinajstić information content (AvgIpc) is 3.29. The SMILES string of the molecule is O=C(c1ccc(OC(F)(F)F)cc1)N1CCN(c2ccnc3[nH]ccc23)CC12CC2. The molecule has 1 N–H and O–H groups in total. The summed E-state index contributed by atoms with van der Waals surface area (Å²) >= 11 is 0. The van der Waals surface area contributed by atoms with Gasteiger partial charge in [0, 0.05) is 48.7 Å². The van der Waals surface area contributed by atoms with Crippen LogP contribution >= 0.6 is 0 Å². The van der Waals surface area contributed by atoms with Crippen molar-refractivity contribution in [3.8, 4) is 5.75 Å². The summed E-state index contributed by atoms with van der Waals surface area (Å²) in [7, 11) is 0. The van der Waals surface area contributed by atoms with Crippen LogP contribution in [0.3, 0.4) is 0 Å². The van der Waals surface area contributed by atoms with Gasteiger partial charge in [0.1, 0.15) is 11.4 Å². The van der Waals surface area contributed by atoms with Crippen LogP contribution in [0, 0.1) is 0 Å². The number of pyridine rings is 1. The van der Waals surface area contributed by atoms with E-state index < -0.39 is 6.36 Å². The van der Waals surface area contributed by atoms with Crippen LogP contribution in [0.4, 0.5) is 18.9 Å². The van der Waals surface area contributed by atoms with Gasteiger partial charge in [-0.15, -0.1) is 13.2 Å². The highest BCUT2D eigenvalue weighted by Crippen LogP contribution is 2.46. The maximum absolute atomic E-state index is 13.1.